The molecule has 0 saturated carbocycles. The Morgan fingerprint density at radius 2 is 1.95 bits per heavy atom. The van der Waals surface area contributed by atoms with Crippen molar-refractivity contribution >= 4 is 17.1 Å². The molecule has 2 aromatic rings. The van der Waals surface area contributed by atoms with Gasteiger partial charge in [0.15, 0.2) is 0 Å². The van der Waals surface area contributed by atoms with Crippen LogP contribution in [0.25, 0.3) is 0 Å². The summed E-state index contributed by atoms with van der Waals surface area (Å²) in [6.07, 6.45) is 1.96. The lowest BCUT2D eigenvalue weighted by Gasteiger charge is -2.15. The first-order valence-corrected chi connectivity index (χ1v) is 6.90. The molecule has 0 aliphatic heterocycles. The minimum Gasteiger partial charge on any atom is -0.393 e. The van der Waals surface area contributed by atoms with Gasteiger partial charge in [-0.3, -0.25) is 10.1 Å². The molecule has 5 nitrogen and oxygen atoms in total. The van der Waals surface area contributed by atoms with Crippen LogP contribution in [0.2, 0.25) is 0 Å². The lowest BCUT2D eigenvalue weighted by Crippen LogP contribution is -2.16. The van der Waals surface area contributed by atoms with E-state index in [4.69, 9.17) is 5.73 Å². The average Bonchev–Trinajstić information content (AvgIpc) is 2.46. The monoisotopic (exact) mass is 285 g/mol. The number of nitrogens with two attached hydrogens (primary N) is 1. The van der Waals surface area contributed by atoms with E-state index in [1.165, 1.54) is 11.6 Å². The molecule has 0 aromatic heterocycles. The van der Waals surface area contributed by atoms with E-state index in [9.17, 15) is 10.1 Å². The Kier molecular flexibility index (Phi) is 4.77. The number of nitro groups is 1. The summed E-state index contributed by atoms with van der Waals surface area (Å²) in [6, 6.07) is 15.3. The van der Waals surface area contributed by atoms with Gasteiger partial charge in [0.1, 0.15) is 5.69 Å². The zero-order valence-corrected chi connectivity index (χ0v) is 12.0. The Balaban J connectivity index is 1.92. The van der Waals surface area contributed by atoms with Gasteiger partial charge in [0.2, 0.25) is 0 Å². The summed E-state index contributed by atoms with van der Waals surface area (Å²) in [5, 5.41) is 14.0. The van der Waals surface area contributed by atoms with E-state index < -0.39 is 4.92 Å². The topological polar surface area (TPSA) is 81.2 Å². The zero-order valence-electron chi connectivity index (χ0n) is 12.0. The minimum absolute atomic E-state index is 0.0579. The van der Waals surface area contributed by atoms with Crippen LogP contribution in [0.1, 0.15) is 18.9 Å². The summed E-state index contributed by atoms with van der Waals surface area (Å²) in [6.45, 7) is 2.08. The standard InChI is InChI=1S/C16H19N3O2/c1-12(7-8-13-5-3-2-4-6-13)18-14-9-10-16(19(20)21)15(17)11-14/h2-6,9-12,18H,7-8,17H2,1H3. The predicted molar refractivity (Wildman–Crippen MR) is 85.4 cm³/mol. The summed E-state index contributed by atoms with van der Waals surface area (Å²) in [5.74, 6) is 0. The SMILES string of the molecule is CC(CCc1ccccc1)Nc1ccc([N+](=O)[O-])c(N)c1. The molecule has 5 heteroatoms. The number of nitro benzene ring substituents is 1. The van der Waals surface area contributed by atoms with E-state index in [2.05, 4.69) is 24.4 Å². The third kappa shape index (κ3) is 4.21. The molecular weight excluding hydrogens is 266 g/mol. The molecule has 0 aliphatic rings. The highest BCUT2D eigenvalue weighted by atomic mass is 16.6. The van der Waals surface area contributed by atoms with Crippen LogP contribution in [0.15, 0.2) is 48.5 Å². The first-order valence-electron chi connectivity index (χ1n) is 6.90. The van der Waals surface area contributed by atoms with Crippen LogP contribution >= 0.6 is 0 Å². The van der Waals surface area contributed by atoms with Crippen molar-refractivity contribution in [1.82, 2.24) is 0 Å². The molecule has 0 saturated heterocycles. The summed E-state index contributed by atoms with van der Waals surface area (Å²) < 4.78 is 0. The van der Waals surface area contributed by atoms with Crippen LogP contribution in [-0.4, -0.2) is 11.0 Å². The molecule has 0 heterocycles. The number of nitrogen functional groups attached to an aromatic ring is 1. The van der Waals surface area contributed by atoms with Crippen LogP contribution < -0.4 is 11.1 Å². The molecular formula is C16H19N3O2. The lowest BCUT2D eigenvalue weighted by molar-refractivity contribution is -0.383. The van der Waals surface area contributed by atoms with Crippen molar-refractivity contribution in [2.45, 2.75) is 25.8 Å². The molecule has 0 aliphatic carbocycles. The molecule has 0 bridgehead atoms. The Hall–Kier alpha value is -2.56. The Bertz CT molecular complexity index is 614. The van der Waals surface area contributed by atoms with E-state index in [1.54, 1.807) is 12.1 Å². The predicted octanol–water partition coefficient (Wildman–Crippen LogP) is 3.61. The van der Waals surface area contributed by atoms with Gasteiger partial charge in [-0.05, 0) is 37.5 Å². The second kappa shape index (κ2) is 6.74. The normalized spacial score (nSPS) is 11.9. The van der Waals surface area contributed by atoms with Gasteiger partial charge in [0.05, 0.1) is 4.92 Å². The van der Waals surface area contributed by atoms with E-state index in [0.29, 0.717) is 0 Å². The van der Waals surface area contributed by atoms with Crippen LogP contribution in [0.3, 0.4) is 0 Å². The van der Waals surface area contributed by atoms with Gasteiger partial charge in [0.25, 0.3) is 5.69 Å². The summed E-state index contributed by atoms with van der Waals surface area (Å²) in [4.78, 5) is 10.2. The molecule has 110 valence electrons. The van der Waals surface area contributed by atoms with Crippen LogP contribution in [0.5, 0.6) is 0 Å². The van der Waals surface area contributed by atoms with Gasteiger partial charge < -0.3 is 11.1 Å². The number of anilines is 2. The Morgan fingerprint density at radius 1 is 1.24 bits per heavy atom. The van der Waals surface area contributed by atoms with Gasteiger partial charge in [-0.1, -0.05) is 30.3 Å². The maximum Gasteiger partial charge on any atom is 0.292 e. The number of nitrogens with one attached hydrogen (secondary N) is 1. The zero-order chi connectivity index (χ0) is 15.2. The number of aryl methyl sites for hydroxylation is 1. The van der Waals surface area contributed by atoms with Gasteiger partial charge >= 0.3 is 0 Å². The van der Waals surface area contributed by atoms with E-state index in [0.717, 1.165) is 18.5 Å². The van der Waals surface area contributed by atoms with E-state index in [-0.39, 0.29) is 17.4 Å². The molecule has 1 atom stereocenters. The molecule has 0 amide bonds. The van der Waals surface area contributed by atoms with E-state index >= 15 is 0 Å². The van der Waals surface area contributed by atoms with Crippen molar-refractivity contribution in [2.24, 2.45) is 0 Å². The first-order chi connectivity index (χ1) is 10.1. The first kappa shape index (κ1) is 14.8. The van der Waals surface area contributed by atoms with Gasteiger partial charge in [0, 0.05) is 17.8 Å². The van der Waals surface area contributed by atoms with Gasteiger partial charge in [-0.15, -0.1) is 0 Å². The van der Waals surface area contributed by atoms with Crippen molar-refractivity contribution < 1.29 is 4.92 Å². The second-order valence-corrected chi connectivity index (χ2v) is 5.10. The fourth-order valence-electron chi connectivity index (χ4n) is 2.20. The Morgan fingerprint density at radius 3 is 2.57 bits per heavy atom. The molecule has 2 rings (SSSR count). The second-order valence-electron chi connectivity index (χ2n) is 5.10. The number of benzene rings is 2. The molecule has 21 heavy (non-hydrogen) atoms. The van der Waals surface area contributed by atoms with Crippen molar-refractivity contribution in [3.8, 4) is 0 Å². The van der Waals surface area contributed by atoms with Gasteiger partial charge in [-0.25, -0.2) is 0 Å². The molecule has 0 radical (unpaired) electrons. The molecule has 0 fully saturated rings. The number of nitrogens with zero attached hydrogens (tertiary/aromatic N) is 1. The van der Waals surface area contributed by atoms with Crippen molar-refractivity contribution in [1.29, 1.82) is 0 Å². The highest BCUT2D eigenvalue weighted by Crippen LogP contribution is 2.25. The van der Waals surface area contributed by atoms with E-state index in [1.807, 2.05) is 18.2 Å². The number of hydrogen-bond donors (Lipinski definition) is 2. The summed E-state index contributed by atoms with van der Waals surface area (Å²) >= 11 is 0. The van der Waals surface area contributed by atoms with Crippen LogP contribution in [-0.2, 0) is 6.42 Å². The molecule has 2 aromatic carbocycles. The molecule has 3 N–H and O–H groups in total. The maximum absolute atomic E-state index is 10.7. The smallest absolute Gasteiger partial charge is 0.292 e. The number of hydrogen-bond acceptors (Lipinski definition) is 4. The molecule has 0 spiro atoms. The highest BCUT2D eigenvalue weighted by molar-refractivity contribution is 5.66. The minimum atomic E-state index is -0.474. The largest absolute Gasteiger partial charge is 0.393 e. The van der Waals surface area contributed by atoms with Crippen molar-refractivity contribution in [3.05, 3.63) is 64.2 Å². The number of rotatable bonds is 6. The van der Waals surface area contributed by atoms with Crippen LogP contribution in [0.4, 0.5) is 17.1 Å². The third-order valence-corrected chi connectivity index (χ3v) is 3.35. The van der Waals surface area contributed by atoms with Crippen molar-refractivity contribution in [2.75, 3.05) is 11.1 Å². The maximum atomic E-state index is 10.7. The van der Waals surface area contributed by atoms with Gasteiger partial charge in [-0.2, -0.15) is 0 Å². The highest BCUT2D eigenvalue weighted by Gasteiger charge is 2.12. The van der Waals surface area contributed by atoms with Crippen molar-refractivity contribution in [3.63, 3.8) is 0 Å². The fraction of sp³-hybridized carbons (Fsp3) is 0.250. The van der Waals surface area contributed by atoms with Crippen LogP contribution in [0, 0.1) is 10.1 Å². The fourth-order valence-corrected chi connectivity index (χ4v) is 2.20. The Labute approximate surface area is 123 Å². The summed E-state index contributed by atoms with van der Waals surface area (Å²) in [7, 11) is 0. The average molecular weight is 285 g/mol. The quantitative estimate of drug-likeness (QED) is 0.482. The summed E-state index contributed by atoms with van der Waals surface area (Å²) in [5.41, 5.74) is 7.91. The lowest BCUT2D eigenvalue weighted by atomic mass is 10.1. The third-order valence-electron chi connectivity index (χ3n) is 3.35. The molecule has 1 unspecified atom stereocenters.